The molecule has 0 atom stereocenters. The molecule has 2 rings (SSSR count). The van der Waals surface area contributed by atoms with Gasteiger partial charge >= 0.3 is 6.03 Å². The van der Waals surface area contributed by atoms with Crippen molar-refractivity contribution < 1.29 is 9.53 Å². The summed E-state index contributed by atoms with van der Waals surface area (Å²) in [6.07, 6.45) is 0. The predicted octanol–water partition coefficient (Wildman–Crippen LogP) is 1.45. The molecular weight excluding hydrogens is 280 g/mol. The molecule has 0 aromatic heterocycles. The number of piperazine rings is 1. The average molecular weight is 306 g/mol. The Hall–Kier alpha value is -1.79. The molecule has 122 valence electrons. The zero-order valence-corrected chi connectivity index (χ0v) is 13.5. The van der Waals surface area contributed by atoms with E-state index >= 15 is 0 Å². The van der Waals surface area contributed by atoms with Crippen LogP contribution in [0.3, 0.4) is 0 Å². The predicted molar refractivity (Wildman–Crippen MR) is 88.6 cm³/mol. The van der Waals surface area contributed by atoms with Gasteiger partial charge < -0.3 is 20.3 Å². The van der Waals surface area contributed by atoms with Crippen LogP contribution < -0.4 is 15.4 Å². The second-order valence-corrected chi connectivity index (χ2v) is 5.36. The third-order valence-electron chi connectivity index (χ3n) is 3.98. The van der Waals surface area contributed by atoms with Gasteiger partial charge in [-0.2, -0.15) is 0 Å². The number of urea groups is 1. The molecule has 1 aliphatic rings. The fraction of sp³-hybridized carbons (Fsp3) is 0.562. The zero-order chi connectivity index (χ0) is 15.8. The van der Waals surface area contributed by atoms with Crippen molar-refractivity contribution >= 4 is 11.7 Å². The number of carbonyl (C=O) groups is 1. The quantitative estimate of drug-likeness (QED) is 0.835. The molecule has 0 spiro atoms. The summed E-state index contributed by atoms with van der Waals surface area (Å²) in [5.74, 6) is 0.660. The zero-order valence-electron chi connectivity index (χ0n) is 13.5. The summed E-state index contributed by atoms with van der Waals surface area (Å²) in [4.78, 5) is 16.7. The smallest absolute Gasteiger partial charge is 0.319 e. The number of benzene rings is 1. The summed E-state index contributed by atoms with van der Waals surface area (Å²) in [7, 11) is 1.59. The third-order valence-corrected chi connectivity index (χ3v) is 3.98. The first kappa shape index (κ1) is 16.6. The molecule has 0 radical (unpaired) electrons. The van der Waals surface area contributed by atoms with Crippen LogP contribution in [0.2, 0.25) is 0 Å². The number of anilines is 1. The highest BCUT2D eigenvalue weighted by Crippen LogP contribution is 2.22. The summed E-state index contributed by atoms with van der Waals surface area (Å²) >= 11 is 0. The third kappa shape index (κ3) is 4.89. The molecule has 22 heavy (non-hydrogen) atoms. The van der Waals surface area contributed by atoms with Gasteiger partial charge in [-0.1, -0.05) is 19.1 Å². The molecule has 1 heterocycles. The van der Waals surface area contributed by atoms with Crippen molar-refractivity contribution in [2.75, 3.05) is 58.2 Å². The van der Waals surface area contributed by atoms with Crippen LogP contribution in [-0.2, 0) is 0 Å². The monoisotopic (exact) mass is 306 g/mol. The highest BCUT2D eigenvalue weighted by molar-refractivity contribution is 5.90. The van der Waals surface area contributed by atoms with Crippen molar-refractivity contribution in [1.29, 1.82) is 0 Å². The molecular formula is C16H26N4O2. The van der Waals surface area contributed by atoms with Gasteiger partial charge in [0.15, 0.2) is 0 Å². The molecule has 0 aliphatic carbocycles. The Kier molecular flexibility index (Phi) is 6.48. The van der Waals surface area contributed by atoms with Crippen molar-refractivity contribution in [1.82, 2.24) is 15.1 Å². The van der Waals surface area contributed by atoms with Gasteiger partial charge in [-0.05, 0) is 18.7 Å². The number of likely N-dealkylation sites (N-methyl/N-ethyl adjacent to an activating group) is 1. The van der Waals surface area contributed by atoms with Gasteiger partial charge in [-0.3, -0.25) is 4.90 Å². The Morgan fingerprint density at radius 2 is 1.86 bits per heavy atom. The lowest BCUT2D eigenvalue weighted by molar-refractivity contribution is 0.138. The first-order chi connectivity index (χ1) is 10.7. The molecule has 2 N–H and O–H groups in total. The number of methoxy groups -OCH3 is 1. The lowest BCUT2D eigenvalue weighted by Crippen LogP contribution is -2.48. The standard InChI is InChI=1S/C16H26N4O2/c1-3-19-10-12-20(13-11-19)9-8-17-16(21)18-14-6-4-5-7-15(14)22-2/h4-7H,3,8-13H2,1-2H3,(H2,17,18,21). The SMILES string of the molecule is CCN1CCN(CCNC(=O)Nc2ccccc2OC)CC1. The van der Waals surface area contributed by atoms with Crippen LogP contribution in [0.1, 0.15) is 6.92 Å². The van der Waals surface area contributed by atoms with Gasteiger partial charge in [-0.15, -0.1) is 0 Å². The van der Waals surface area contributed by atoms with Crippen LogP contribution in [0.4, 0.5) is 10.5 Å². The van der Waals surface area contributed by atoms with Crippen LogP contribution in [-0.4, -0.2) is 68.8 Å². The van der Waals surface area contributed by atoms with Crippen LogP contribution in [0.5, 0.6) is 5.75 Å². The van der Waals surface area contributed by atoms with Gasteiger partial charge in [0.25, 0.3) is 0 Å². The van der Waals surface area contributed by atoms with E-state index in [1.807, 2.05) is 24.3 Å². The number of amides is 2. The number of nitrogens with zero attached hydrogens (tertiary/aromatic N) is 2. The van der Waals surface area contributed by atoms with E-state index in [2.05, 4.69) is 27.4 Å². The van der Waals surface area contributed by atoms with E-state index in [1.54, 1.807) is 7.11 Å². The van der Waals surface area contributed by atoms with Gasteiger partial charge in [0, 0.05) is 39.3 Å². The maximum atomic E-state index is 11.9. The number of para-hydroxylation sites is 2. The number of nitrogens with one attached hydrogen (secondary N) is 2. The Morgan fingerprint density at radius 3 is 2.55 bits per heavy atom. The number of carbonyl (C=O) groups excluding carboxylic acids is 1. The van der Waals surface area contributed by atoms with Crippen LogP contribution in [0.25, 0.3) is 0 Å². The second-order valence-electron chi connectivity index (χ2n) is 5.36. The number of rotatable bonds is 6. The van der Waals surface area contributed by atoms with E-state index in [0.717, 1.165) is 39.3 Å². The summed E-state index contributed by atoms with van der Waals surface area (Å²) in [6, 6.07) is 7.19. The molecule has 6 heteroatoms. The van der Waals surface area contributed by atoms with Gasteiger partial charge in [-0.25, -0.2) is 4.79 Å². The largest absolute Gasteiger partial charge is 0.495 e. The number of hydrogen-bond donors (Lipinski definition) is 2. The molecule has 1 aromatic rings. The van der Waals surface area contributed by atoms with E-state index in [4.69, 9.17) is 4.74 Å². The Labute approximate surface area is 132 Å². The van der Waals surface area contributed by atoms with E-state index < -0.39 is 0 Å². The van der Waals surface area contributed by atoms with Crippen LogP contribution in [0, 0.1) is 0 Å². The lowest BCUT2D eigenvalue weighted by Gasteiger charge is -2.33. The van der Waals surface area contributed by atoms with E-state index in [-0.39, 0.29) is 6.03 Å². The molecule has 2 amide bonds. The second kappa shape index (κ2) is 8.60. The van der Waals surface area contributed by atoms with E-state index in [0.29, 0.717) is 18.0 Å². The maximum absolute atomic E-state index is 11.9. The van der Waals surface area contributed by atoms with Gasteiger partial charge in [0.05, 0.1) is 12.8 Å². The lowest BCUT2D eigenvalue weighted by atomic mass is 10.3. The summed E-state index contributed by atoms with van der Waals surface area (Å²) < 4.78 is 5.21. The fourth-order valence-electron chi connectivity index (χ4n) is 2.57. The summed E-state index contributed by atoms with van der Waals surface area (Å²) in [5.41, 5.74) is 0.680. The maximum Gasteiger partial charge on any atom is 0.319 e. The van der Waals surface area contributed by atoms with E-state index in [1.165, 1.54) is 0 Å². The number of ether oxygens (including phenoxy) is 1. The Balaban J connectivity index is 1.68. The minimum absolute atomic E-state index is 0.198. The summed E-state index contributed by atoms with van der Waals surface area (Å²) in [5, 5.41) is 5.71. The van der Waals surface area contributed by atoms with E-state index in [9.17, 15) is 4.79 Å². The molecule has 0 unspecified atom stereocenters. The van der Waals surface area contributed by atoms with Crippen molar-refractivity contribution in [3.05, 3.63) is 24.3 Å². The Morgan fingerprint density at radius 1 is 1.18 bits per heavy atom. The van der Waals surface area contributed by atoms with Gasteiger partial charge in [0.2, 0.25) is 0 Å². The molecule has 0 saturated carbocycles. The minimum atomic E-state index is -0.198. The highest BCUT2D eigenvalue weighted by Gasteiger charge is 2.15. The summed E-state index contributed by atoms with van der Waals surface area (Å²) in [6.45, 7) is 9.22. The number of hydrogen-bond acceptors (Lipinski definition) is 4. The first-order valence-corrected chi connectivity index (χ1v) is 7.85. The molecule has 1 aromatic carbocycles. The first-order valence-electron chi connectivity index (χ1n) is 7.85. The van der Waals surface area contributed by atoms with Gasteiger partial charge in [0.1, 0.15) is 5.75 Å². The van der Waals surface area contributed by atoms with Crippen LogP contribution in [0.15, 0.2) is 24.3 Å². The van der Waals surface area contributed by atoms with Crippen molar-refractivity contribution in [2.24, 2.45) is 0 Å². The minimum Gasteiger partial charge on any atom is -0.495 e. The highest BCUT2D eigenvalue weighted by atomic mass is 16.5. The molecule has 6 nitrogen and oxygen atoms in total. The normalized spacial score (nSPS) is 16.3. The average Bonchev–Trinajstić information content (AvgIpc) is 2.56. The Bertz CT molecular complexity index is 473. The molecule has 1 saturated heterocycles. The molecule has 0 bridgehead atoms. The van der Waals surface area contributed by atoms with Crippen molar-refractivity contribution in [2.45, 2.75) is 6.92 Å². The molecule has 1 fully saturated rings. The van der Waals surface area contributed by atoms with Crippen molar-refractivity contribution in [3.8, 4) is 5.75 Å². The van der Waals surface area contributed by atoms with Crippen molar-refractivity contribution in [3.63, 3.8) is 0 Å². The molecule has 1 aliphatic heterocycles. The fourth-order valence-corrected chi connectivity index (χ4v) is 2.57. The van der Waals surface area contributed by atoms with Crippen LogP contribution >= 0.6 is 0 Å². The topological polar surface area (TPSA) is 56.8 Å².